The molecule has 0 bridgehead atoms. The van der Waals surface area contributed by atoms with Gasteiger partial charge in [-0.3, -0.25) is 0 Å². The third kappa shape index (κ3) is 4.89. The first-order chi connectivity index (χ1) is 8.96. The third-order valence-electron chi connectivity index (χ3n) is 3.33. The van der Waals surface area contributed by atoms with Gasteiger partial charge in [0.15, 0.2) is 0 Å². The Morgan fingerprint density at radius 2 is 2.05 bits per heavy atom. The second-order valence-corrected chi connectivity index (χ2v) is 5.19. The second kappa shape index (κ2) is 7.12. The highest BCUT2D eigenvalue weighted by molar-refractivity contribution is 5.88. The number of nitrogens with one attached hydrogen (secondary N) is 1. The third-order valence-corrected chi connectivity index (χ3v) is 3.33. The van der Waals surface area contributed by atoms with Crippen LogP contribution in [0.25, 0.3) is 0 Å². The van der Waals surface area contributed by atoms with Gasteiger partial charge in [0.2, 0.25) is 0 Å². The van der Waals surface area contributed by atoms with Gasteiger partial charge >= 0.3 is 5.97 Å². The highest BCUT2D eigenvalue weighted by Gasteiger charge is 2.11. The van der Waals surface area contributed by atoms with Crippen molar-refractivity contribution in [1.82, 2.24) is 4.98 Å². The summed E-state index contributed by atoms with van der Waals surface area (Å²) in [6.07, 6.45) is 2.93. The molecule has 0 aromatic carbocycles. The number of aryl methyl sites for hydroxylation is 1. The van der Waals surface area contributed by atoms with Gasteiger partial charge in [-0.05, 0) is 37.8 Å². The molecule has 2 N–H and O–H groups in total. The van der Waals surface area contributed by atoms with E-state index < -0.39 is 5.97 Å². The fourth-order valence-electron chi connectivity index (χ4n) is 2.05. The summed E-state index contributed by atoms with van der Waals surface area (Å²) >= 11 is 0. The summed E-state index contributed by atoms with van der Waals surface area (Å²) in [6, 6.07) is 3.53. The van der Waals surface area contributed by atoms with Crippen LogP contribution >= 0.6 is 0 Å². The Kier molecular flexibility index (Phi) is 5.80. The minimum Gasteiger partial charge on any atom is -0.478 e. The molecule has 1 aromatic rings. The summed E-state index contributed by atoms with van der Waals surface area (Å²) in [4.78, 5) is 15.5. The van der Waals surface area contributed by atoms with Crippen LogP contribution in [0.3, 0.4) is 0 Å². The predicted molar refractivity (Wildman–Crippen MR) is 77.7 cm³/mol. The first-order valence-corrected chi connectivity index (χ1v) is 6.97. The van der Waals surface area contributed by atoms with Crippen LogP contribution in [0.4, 0.5) is 5.82 Å². The predicted octanol–water partition coefficient (Wildman–Crippen LogP) is 3.58. The van der Waals surface area contributed by atoms with E-state index in [1.54, 1.807) is 12.1 Å². The minimum atomic E-state index is -0.908. The van der Waals surface area contributed by atoms with Crippen molar-refractivity contribution in [2.75, 3.05) is 5.32 Å². The molecule has 0 saturated carbocycles. The zero-order valence-electron chi connectivity index (χ0n) is 12.2. The summed E-state index contributed by atoms with van der Waals surface area (Å²) in [5.41, 5.74) is 1.10. The Morgan fingerprint density at radius 3 is 2.58 bits per heavy atom. The van der Waals surface area contributed by atoms with Gasteiger partial charge < -0.3 is 10.4 Å². The standard InChI is InChI=1S/C15H24N2O2/c1-5-10(3)7-11(4)16-14-9-12(15(18)19)8-13(6-2)17-14/h8-11H,5-7H2,1-4H3,(H,16,17)(H,18,19). The fourth-order valence-corrected chi connectivity index (χ4v) is 2.05. The molecule has 1 aromatic heterocycles. The maximum atomic E-state index is 11.1. The molecule has 2 atom stereocenters. The van der Waals surface area contributed by atoms with Gasteiger partial charge in [-0.25, -0.2) is 9.78 Å². The van der Waals surface area contributed by atoms with E-state index in [4.69, 9.17) is 5.11 Å². The summed E-state index contributed by atoms with van der Waals surface area (Å²) < 4.78 is 0. The maximum Gasteiger partial charge on any atom is 0.335 e. The molecule has 0 saturated heterocycles. The van der Waals surface area contributed by atoms with Gasteiger partial charge in [-0.1, -0.05) is 27.2 Å². The van der Waals surface area contributed by atoms with Crippen LogP contribution in [0.5, 0.6) is 0 Å². The number of carboxylic acid groups (broad SMARTS) is 1. The van der Waals surface area contributed by atoms with Crippen molar-refractivity contribution in [3.05, 3.63) is 23.4 Å². The van der Waals surface area contributed by atoms with Crippen molar-refractivity contribution < 1.29 is 9.90 Å². The van der Waals surface area contributed by atoms with Crippen LogP contribution < -0.4 is 5.32 Å². The molecule has 4 nitrogen and oxygen atoms in total. The molecule has 1 rings (SSSR count). The zero-order chi connectivity index (χ0) is 14.4. The number of aromatic nitrogens is 1. The van der Waals surface area contributed by atoms with E-state index in [2.05, 4.69) is 31.1 Å². The fraction of sp³-hybridized carbons (Fsp3) is 0.600. The first kappa shape index (κ1) is 15.5. The number of aromatic carboxylic acids is 1. The lowest BCUT2D eigenvalue weighted by atomic mass is 10.0. The number of carboxylic acids is 1. The Morgan fingerprint density at radius 1 is 1.37 bits per heavy atom. The Labute approximate surface area is 115 Å². The molecule has 0 aliphatic heterocycles. The van der Waals surface area contributed by atoms with Crippen LogP contribution in [0, 0.1) is 5.92 Å². The van der Waals surface area contributed by atoms with Gasteiger partial charge in [-0.15, -0.1) is 0 Å². The van der Waals surface area contributed by atoms with Crippen molar-refractivity contribution in [2.45, 2.75) is 53.0 Å². The van der Waals surface area contributed by atoms with Gasteiger partial charge in [0.05, 0.1) is 5.56 Å². The summed E-state index contributed by atoms with van der Waals surface area (Å²) in [7, 11) is 0. The van der Waals surface area contributed by atoms with Gasteiger partial charge in [0.25, 0.3) is 0 Å². The quantitative estimate of drug-likeness (QED) is 0.790. The molecule has 2 unspecified atom stereocenters. The number of anilines is 1. The van der Waals surface area contributed by atoms with E-state index in [1.165, 1.54) is 0 Å². The first-order valence-electron chi connectivity index (χ1n) is 6.97. The average Bonchev–Trinajstić information content (AvgIpc) is 2.37. The van der Waals surface area contributed by atoms with Crippen LogP contribution in [0.2, 0.25) is 0 Å². The number of hydrogen-bond donors (Lipinski definition) is 2. The zero-order valence-corrected chi connectivity index (χ0v) is 12.2. The minimum absolute atomic E-state index is 0.288. The molecule has 4 heteroatoms. The van der Waals surface area contributed by atoms with Gasteiger partial charge in [0, 0.05) is 11.7 Å². The molecule has 0 aliphatic rings. The number of rotatable bonds is 7. The van der Waals surface area contributed by atoms with Crippen molar-refractivity contribution in [2.24, 2.45) is 5.92 Å². The molecule has 19 heavy (non-hydrogen) atoms. The van der Waals surface area contributed by atoms with E-state index in [9.17, 15) is 4.79 Å². The molecule has 106 valence electrons. The topological polar surface area (TPSA) is 62.2 Å². The van der Waals surface area contributed by atoms with Crippen LogP contribution in [0.15, 0.2) is 12.1 Å². The molecular weight excluding hydrogens is 240 g/mol. The average molecular weight is 264 g/mol. The normalized spacial score (nSPS) is 13.9. The number of pyridine rings is 1. The maximum absolute atomic E-state index is 11.1. The lowest BCUT2D eigenvalue weighted by Crippen LogP contribution is -2.19. The van der Waals surface area contributed by atoms with Crippen molar-refractivity contribution in [3.8, 4) is 0 Å². The van der Waals surface area contributed by atoms with Crippen molar-refractivity contribution in [3.63, 3.8) is 0 Å². The number of hydrogen-bond acceptors (Lipinski definition) is 3. The van der Waals surface area contributed by atoms with Crippen LogP contribution in [-0.2, 0) is 6.42 Å². The highest BCUT2D eigenvalue weighted by atomic mass is 16.4. The summed E-state index contributed by atoms with van der Waals surface area (Å²) in [5.74, 6) is 0.401. The lowest BCUT2D eigenvalue weighted by molar-refractivity contribution is 0.0696. The highest BCUT2D eigenvalue weighted by Crippen LogP contribution is 2.16. The van der Waals surface area contributed by atoms with E-state index in [1.807, 2.05) is 6.92 Å². The van der Waals surface area contributed by atoms with E-state index in [0.717, 1.165) is 25.0 Å². The van der Waals surface area contributed by atoms with Crippen LogP contribution in [-0.4, -0.2) is 22.1 Å². The van der Waals surface area contributed by atoms with E-state index in [0.29, 0.717) is 17.3 Å². The van der Waals surface area contributed by atoms with Crippen molar-refractivity contribution >= 4 is 11.8 Å². The number of carbonyl (C=O) groups is 1. The Hall–Kier alpha value is -1.58. The van der Waals surface area contributed by atoms with E-state index >= 15 is 0 Å². The van der Waals surface area contributed by atoms with Crippen molar-refractivity contribution in [1.29, 1.82) is 0 Å². The SMILES string of the molecule is CCc1cc(C(=O)O)cc(NC(C)CC(C)CC)n1. The van der Waals surface area contributed by atoms with Gasteiger partial charge in [-0.2, -0.15) is 0 Å². The molecular formula is C15H24N2O2. The Balaban J connectivity index is 2.82. The van der Waals surface area contributed by atoms with Gasteiger partial charge in [0.1, 0.15) is 5.82 Å². The summed E-state index contributed by atoms with van der Waals surface area (Å²) in [5, 5.41) is 12.4. The largest absolute Gasteiger partial charge is 0.478 e. The summed E-state index contributed by atoms with van der Waals surface area (Å²) in [6.45, 7) is 8.47. The second-order valence-electron chi connectivity index (χ2n) is 5.19. The van der Waals surface area contributed by atoms with E-state index in [-0.39, 0.29) is 6.04 Å². The molecule has 1 heterocycles. The smallest absolute Gasteiger partial charge is 0.335 e. The molecule has 0 amide bonds. The Bertz CT molecular complexity index is 432. The monoisotopic (exact) mass is 264 g/mol. The van der Waals surface area contributed by atoms with Crippen LogP contribution in [0.1, 0.15) is 56.6 Å². The molecule has 0 spiro atoms. The molecule has 0 aliphatic carbocycles. The lowest BCUT2D eigenvalue weighted by Gasteiger charge is -2.18. The molecule has 0 radical (unpaired) electrons. The molecule has 0 fully saturated rings. The number of nitrogens with zero attached hydrogens (tertiary/aromatic N) is 1.